The van der Waals surface area contributed by atoms with Crippen LogP contribution in [0, 0.1) is 0 Å². The van der Waals surface area contributed by atoms with Crippen molar-refractivity contribution in [3.8, 4) is 0 Å². The van der Waals surface area contributed by atoms with E-state index in [1.54, 1.807) is 0 Å². The molecule has 0 aromatic heterocycles. The molecule has 0 aliphatic carbocycles. The normalized spacial score (nSPS) is 13.1. The molecule has 0 aliphatic rings. The van der Waals surface area contributed by atoms with Crippen molar-refractivity contribution in [2.24, 2.45) is 0 Å². The van der Waals surface area contributed by atoms with Crippen molar-refractivity contribution in [1.29, 1.82) is 0 Å². The van der Waals surface area contributed by atoms with Crippen molar-refractivity contribution in [2.45, 2.75) is 25.0 Å². The van der Waals surface area contributed by atoms with Gasteiger partial charge < -0.3 is 5.11 Å². The van der Waals surface area contributed by atoms with Crippen molar-refractivity contribution in [3.05, 3.63) is 0 Å². The Labute approximate surface area is 59.6 Å². The van der Waals surface area contributed by atoms with Crippen molar-refractivity contribution >= 4 is 17.7 Å². The average molecular weight is 148 g/mol. The molecule has 3 heteroatoms. The Balaban J connectivity index is 3.54. The predicted molar refractivity (Wildman–Crippen MR) is 39.8 cm³/mol. The first-order valence-electron chi connectivity index (χ1n) is 2.98. The molecule has 0 aromatic rings. The maximum atomic E-state index is 10.3. The van der Waals surface area contributed by atoms with Gasteiger partial charge in [0.05, 0.1) is 0 Å². The van der Waals surface area contributed by atoms with Crippen molar-refractivity contribution < 1.29 is 9.90 Å². The Bertz CT molecular complexity index is 93.1. The van der Waals surface area contributed by atoms with Crippen LogP contribution in [0.25, 0.3) is 0 Å². The summed E-state index contributed by atoms with van der Waals surface area (Å²) < 4.78 is 0. The number of thioether (sulfide) groups is 1. The standard InChI is InChI=1S/C6H12O2S/c1-3-4-5(9-2)6(7)8/h5H,3-4H2,1-2H3,(H,7,8). The van der Waals surface area contributed by atoms with Gasteiger partial charge in [0.15, 0.2) is 0 Å². The van der Waals surface area contributed by atoms with Gasteiger partial charge in [0.2, 0.25) is 0 Å². The highest BCUT2D eigenvalue weighted by Gasteiger charge is 2.12. The van der Waals surface area contributed by atoms with Crippen molar-refractivity contribution in [1.82, 2.24) is 0 Å². The van der Waals surface area contributed by atoms with Gasteiger partial charge in [-0.1, -0.05) is 13.3 Å². The van der Waals surface area contributed by atoms with Crippen LogP contribution >= 0.6 is 11.8 Å². The molecule has 0 spiro atoms. The van der Waals surface area contributed by atoms with Gasteiger partial charge in [0.1, 0.15) is 5.25 Å². The van der Waals surface area contributed by atoms with E-state index in [9.17, 15) is 4.79 Å². The summed E-state index contributed by atoms with van der Waals surface area (Å²) >= 11 is 1.40. The molecule has 0 bridgehead atoms. The SMILES string of the molecule is CCCC(SC)C(=O)O. The molecule has 0 radical (unpaired) electrons. The summed E-state index contributed by atoms with van der Waals surface area (Å²) in [4.78, 5) is 10.3. The zero-order chi connectivity index (χ0) is 7.28. The summed E-state index contributed by atoms with van der Waals surface area (Å²) in [6.07, 6.45) is 3.54. The van der Waals surface area contributed by atoms with Gasteiger partial charge in [0.25, 0.3) is 0 Å². The van der Waals surface area contributed by atoms with Crippen LogP contribution < -0.4 is 0 Å². The first kappa shape index (κ1) is 8.82. The quantitative estimate of drug-likeness (QED) is 0.658. The van der Waals surface area contributed by atoms with Crippen LogP contribution in [0.5, 0.6) is 0 Å². The van der Waals surface area contributed by atoms with Gasteiger partial charge in [-0.05, 0) is 12.7 Å². The monoisotopic (exact) mass is 148 g/mol. The molecule has 2 nitrogen and oxygen atoms in total. The van der Waals surface area contributed by atoms with E-state index < -0.39 is 5.97 Å². The number of hydrogen-bond acceptors (Lipinski definition) is 2. The highest BCUT2D eigenvalue weighted by Crippen LogP contribution is 2.12. The fourth-order valence-electron chi connectivity index (χ4n) is 0.604. The van der Waals surface area contributed by atoms with E-state index in [0.717, 1.165) is 12.8 Å². The topological polar surface area (TPSA) is 37.3 Å². The molecule has 54 valence electrons. The van der Waals surface area contributed by atoms with Gasteiger partial charge in [-0.2, -0.15) is 11.8 Å². The Hall–Kier alpha value is -0.180. The molecule has 9 heavy (non-hydrogen) atoms. The Morgan fingerprint density at radius 3 is 2.44 bits per heavy atom. The smallest absolute Gasteiger partial charge is 0.316 e. The van der Waals surface area contributed by atoms with E-state index >= 15 is 0 Å². The minimum atomic E-state index is -0.690. The van der Waals surface area contributed by atoms with Gasteiger partial charge in [-0.3, -0.25) is 4.79 Å². The Morgan fingerprint density at radius 2 is 2.33 bits per heavy atom. The first-order chi connectivity index (χ1) is 4.22. The highest BCUT2D eigenvalue weighted by molar-refractivity contribution is 7.99. The molecule has 0 saturated carbocycles. The van der Waals surface area contributed by atoms with Crippen LogP contribution in [-0.4, -0.2) is 22.6 Å². The lowest BCUT2D eigenvalue weighted by Gasteiger charge is -2.05. The van der Waals surface area contributed by atoms with Gasteiger partial charge in [0, 0.05) is 0 Å². The molecule has 0 aliphatic heterocycles. The van der Waals surface area contributed by atoms with Gasteiger partial charge in [-0.15, -0.1) is 0 Å². The molecule has 0 fully saturated rings. The summed E-state index contributed by atoms with van der Waals surface area (Å²) in [5.41, 5.74) is 0. The molecule has 0 amide bonds. The lowest BCUT2D eigenvalue weighted by Crippen LogP contribution is -2.14. The molecule has 1 unspecified atom stereocenters. The van der Waals surface area contributed by atoms with E-state index in [1.165, 1.54) is 11.8 Å². The molecule has 0 rings (SSSR count). The molecular formula is C6H12O2S. The van der Waals surface area contributed by atoms with E-state index in [1.807, 2.05) is 13.2 Å². The second kappa shape index (κ2) is 4.68. The zero-order valence-electron chi connectivity index (χ0n) is 5.76. The van der Waals surface area contributed by atoms with Crippen LogP contribution in [0.2, 0.25) is 0 Å². The summed E-state index contributed by atoms with van der Waals surface area (Å²) in [5, 5.41) is 8.28. The van der Waals surface area contributed by atoms with Crippen LogP contribution in [0.4, 0.5) is 0 Å². The van der Waals surface area contributed by atoms with Crippen LogP contribution in [0.15, 0.2) is 0 Å². The summed E-state index contributed by atoms with van der Waals surface area (Å²) in [5.74, 6) is -0.690. The fraction of sp³-hybridized carbons (Fsp3) is 0.833. The zero-order valence-corrected chi connectivity index (χ0v) is 6.57. The van der Waals surface area contributed by atoms with Crippen molar-refractivity contribution in [2.75, 3.05) is 6.26 Å². The number of aliphatic carboxylic acids is 1. The molecular weight excluding hydrogens is 136 g/mol. The van der Waals surface area contributed by atoms with E-state index in [-0.39, 0.29) is 5.25 Å². The summed E-state index contributed by atoms with van der Waals surface area (Å²) in [6, 6.07) is 0. The third kappa shape index (κ3) is 3.40. The molecule has 1 atom stereocenters. The number of carboxylic acid groups (broad SMARTS) is 1. The number of carbonyl (C=O) groups is 1. The maximum absolute atomic E-state index is 10.3. The van der Waals surface area contributed by atoms with E-state index in [0.29, 0.717) is 0 Å². The minimum Gasteiger partial charge on any atom is -0.480 e. The summed E-state index contributed by atoms with van der Waals surface area (Å²) in [7, 11) is 0. The molecule has 0 aromatic carbocycles. The highest BCUT2D eigenvalue weighted by atomic mass is 32.2. The largest absolute Gasteiger partial charge is 0.480 e. The summed E-state index contributed by atoms with van der Waals surface area (Å²) in [6.45, 7) is 1.99. The average Bonchev–Trinajstić information content (AvgIpc) is 1.82. The predicted octanol–water partition coefficient (Wildman–Crippen LogP) is 1.60. The number of rotatable bonds is 4. The van der Waals surface area contributed by atoms with E-state index in [2.05, 4.69) is 0 Å². The van der Waals surface area contributed by atoms with Crippen LogP contribution in [-0.2, 0) is 4.79 Å². The first-order valence-corrected chi connectivity index (χ1v) is 4.26. The second-order valence-corrected chi connectivity index (χ2v) is 2.89. The fourth-order valence-corrected chi connectivity index (χ4v) is 1.28. The molecule has 0 heterocycles. The van der Waals surface area contributed by atoms with Crippen molar-refractivity contribution in [3.63, 3.8) is 0 Å². The lowest BCUT2D eigenvalue weighted by atomic mass is 10.2. The molecule has 0 saturated heterocycles. The number of carboxylic acids is 1. The lowest BCUT2D eigenvalue weighted by molar-refractivity contribution is -0.136. The maximum Gasteiger partial charge on any atom is 0.316 e. The third-order valence-electron chi connectivity index (χ3n) is 1.11. The Morgan fingerprint density at radius 1 is 1.78 bits per heavy atom. The number of hydrogen-bond donors (Lipinski definition) is 1. The van der Waals surface area contributed by atoms with E-state index in [4.69, 9.17) is 5.11 Å². The Kier molecular flexibility index (Phi) is 4.58. The molecule has 1 N–H and O–H groups in total. The van der Waals surface area contributed by atoms with Gasteiger partial charge >= 0.3 is 5.97 Å². The van der Waals surface area contributed by atoms with Crippen LogP contribution in [0.1, 0.15) is 19.8 Å². The second-order valence-electron chi connectivity index (χ2n) is 1.85. The van der Waals surface area contributed by atoms with Crippen LogP contribution in [0.3, 0.4) is 0 Å². The minimum absolute atomic E-state index is 0.199. The third-order valence-corrected chi connectivity index (χ3v) is 2.12. The van der Waals surface area contributed by atoms with Gasteiger partial charge in [-0.25, -0.2) is 0 Å².